The van der Waals surface area contributed by atoms with Crippen LogP contribution >= 0.6 is 15.2 Å². The van der Waals surface area contributed by atoms with Crippen molar-refractivity contribution in [1.82, 2.24) is 19.5 Å². The molecule has 0 aliphatic carbocycles. The van der Waals surface area contributed by atoms with E-state index in [1.165, 1.54) is 23.0 Å². The lowest BCUT2D eigenvalue weighted by Gasteiger charge is -2.31. The van der Waals surface area contributed by atoms with Crippen molar-refractivity contribution in [3.63, 3.8) is 0 Å². The predicted octanol–water partition coefficient (Wildman–Crippen LogP) is -3.89. The van der Waals surface area contributed by atoms with Crippen molar-refractivity contribution in [2.45, 2.75) is 73.6 Å². The molecule has 2 aromatic heterocycles. The third-order valence-corrected chi connectivity index (χ3v) is 10.1. The number of fused-ring (bicyclic) bond motifs is 1. The van der Waals surface area contributed by atoms with Crippen molar-refractivity contribution in [3.05, 3.63) is 42.5 Å². The van der Waals surface area contributed by atoms with Crippen LogP contribution in [0.5, 0.6) is 0 Å². The van der Waals surface area contributed by atoms with Crippen LogP contribution in [0.15, 0.2) is 36.9 Å². The van der Waals surface area contributed by atoms with Crippen LogP contribution in [-0.4, -0.2) is 124 Å². The van der Waals surface area contributed by atoms with Gasteiger partial charge in [0, 0.05) is 6.42 Å². The molecule has 0 saturated carbocycles. The summed E-state index contributed by atoms with van der Waals surface area (Å²) in [5, 5.41) is 60.9. The van der Waals surface area contributed by atoms with Crippen LogP contribution in [0.1, 0.15) is 18.2 Å². The van der Waals surface area contributed by atoms with Crippen molar-refractivity contribution in [1.29, 1.82) is 0 Å². The van der Waals surface area contributed by atoms with Gasteiger partial charge in [-0.05, 0) is 17.7 Å². The largest absolute Gasteiger partial charge is 0.390 e. The molecule has 2 aliphatic heterocycles. The van der Waals surface area contributed by atoms with E-state index >= 15 is 0 Å². The number of anilines is 1. The topological polar surface area (TPSA) is 334 Å². The highest BCUT2D eigenvalue weighted by atomic mass is 31.2. The van der Waals surface area contributed by atoms with E-state index in [0.29, 0.717) is 0 Å². The number of aromatic nitrogens is 4. The van der Waals surface area contributed by atoms with Crippen LogP contribution in [0, 0.1) is 0 Å². The number of benzene rings is 1. The maximum Gasteiger partial charge on any atom is 0.365 e. The molecule has 0 bridgehead atoms. The van der Waals surface area contributed by atoms with Crippen molar-refractivity contribution >= 4 is 37.5 Å². The maximum atomic E-state index is 12.3. The number of ether oxygens (including phenoxy) is 3. The minimum atomic E-state index is -5.65. The molecule has 248 valence electrons. The Kier molecular flexibility index (Phi) is 9.23. The molecule has 45 heavy (non-hydrogen) atoms. The quantitative estimate of drug-likeness (QED) is 0.0912. The van der Waals surface area contributed by atoms with E-state index in [2.05, 4.69) is 15.0 Å². The van der Waals surface area contributed by atoms with E-state index in [-0.39, 0.29) is 27.8 Å². The first-order valence-electron chi connectivity index (χ1n) is 13.1. The second-order valence-electron chi connectivity index (χ2n) is 10.7. The van der Waals surface area contributed by atoms with Crippen LogP contribution in [0.25, 0.3) is 11.2 Å². The number of imidazole rings is 1. The number of aliphatic hydroxyl groups is 6. The van der Waals surface area contributed by atoms with Crippen molar-refractivity contribution in [2.24, 2.45) is 0 Å². The standard InChI is InChI=1S/C23H31N5O15P2/c24-19-13-20(26-7-25-19)28(8-27-13)21-15(32)14(31)16(42-21)11(29)5-12(30)17-18(33)23(34,45(38,39)40)22(43-17)41-6-9-1-3-10(4-2-9)44(35,36)37/h1-4,7-8,11-12,14-18,21-22,29-34H,5-6H2,(H2,24,25,26)(H2,35,36,37)(H2,38,39,40)/t11?,12?,14-,15+,16+,17+,18+,21+,22+,23-/m0/s1. The van der Waals surface area contributed by atoms with Crippen LogP contribution in [0.2, 0.25) is 0 Å². The van der Waals surface area contributed by atoms with Crippen LogP contribution < -0.4 is 11.0 Å². The smallest absolute Gasteiger partial charge is 0.365 e. The van der Waals surface area contributed by atoms with Crippen molar-refractivity contribution in [3.8, 4) is 0 Å². The average Bonchev–Trinajstić information content (AvgIpc) is 3.60. The van der Waals surface area contributed by atoms with Gasteiger partial charge in [-0.3, -0.25) is 13.7 Å². The van der Waals surface area contributed by atoms with Gasteiger partial charge in [0.15, 0.2) is 17.7 Å². The van der Waals surface area contributed by atoms with Crippen molar-refractivity contribution in [2.75, 3.05) is 5.73 Å². The van der Waals surface area contributed by atoms with Crippen LogP contribution in [-0.2, 0) is 29.9 Å². The third kappa shape index (κ3) is 6.17. The summed E-state index contributed by atoms with van der Waals surface area (Å²) in [6.45, 7) is -0.520. The summed E-state index contributed by atoms with van der Waals surface area (Å²) in [7, 11) is -10.2. The van der Waals surface area contributed by atoms with E-state index in [0.717, 1.165) is 18.5 Å². The zero-order valence-electron chi connectivity index (χ0n) is 22.8. The Labute approximate surface area is 252 Å². The SMILES string of the molecule is Nc1ncnc2c1ncn2[C@@H]1O[C@H](C(O)CC(O)[C@H]2O[C@@H](OCc3ccc(P(=O)(O)O)cc3)[C@@](O)(P(=O)(O)O)[C@@H]2O)[C@@H](O)[C@H]1O. The third-order valence-electron chi connectivity index (χ3n) is 7.69. The van der Waals surface area contributed by atoms with Crippen LogP contribution in [0.3, 0.4) is 0 Å². The molecule has 0 spiro atoms. The number of nitrogens with zero attached hydrogens (tertiary/aromatic N) is 4. The van der Waals surface area contributed by atoms with Gasteiger partial charge in [-0.25, -0.2) is 15.0 Å². The molecule has 2 aliphatic rings. The molecule has 0 radical (unpaired) electrons. The van der Waals surface area contributed by atoms with Gasteiger partial charge in [-0.1, -0.05) is 12.1 Å². The Morgan fingerprint density at radius 2 is 1.60 bits per heavy atom. The lowest BCUT2D eigenvalue weighted by atomic mass is 9.96. The van der Waals surface area contributed by atoms with E-state index < -0.39 is 88.8 Å². The van der Waals surface area contributed by atoms with Gasteiger partial charge >= 0.3 is 15.2 Å². The molecular weight excluding hydrogens is 648 g/mol. The van der Waals surface area contributed by atoms with Gasteiger partial charge in [-0.2, -0.15) is 0 Å². The highest BCUT2D eigenvalue weighted by Gasteiger charge is 2.67. The molecule has 2 saturated heterocycles. The van der Waals surface area contributed by atoms with Gasteiger partial charge in [0.05, 0.1) is 30.4 Å². The summed E-state index contributed by atoms with van der Waals surface area (Å²) in [6.07, 6.45) is -15.0. The molecule has 2 unspecified atom stereocenters. The summed E-state index contributed by atoms with van der Waals surface area (Å²) in [5.74, 6) is 0.0389. The van der Waals surface area contributed by atoms with Gasteiger partial charge in [-0.15, -0.1) is 0 Å². The molecule has 20 nitrogen and oxygen atoms in total. The van der Waals surface area contributed by atoms with E-state index in [1.807, 2.05) is 0 Å². The summed E-state index contributed by atoms with van der Waals surface area (Å²) < 4.78 is 41.2. The second kappa shape index (κ2) is 12.3. The fraction of sp³-hybridized carbons (Fsp3) is 0.522. The zero-order valence-corrected chi connectivity index (χ0v) is 24.6. The molecule has 3 aromatic rings. The lowest BCUT2D eigenvalue weighted by molar-refractivity contribution is -0.199. The lowest BCUT2D eigenvalue weighted by Crippen LogP contribution is -2.51. The predicted molar refractivity (Wildman–Crippen MR) is 147 cm³/mol. The molecule has 22 heteroatoms. The van der Waals surface area contributed by atoms with Gasteiger partial charge in [0.25, 0.3) is 0 Å². The van der Waals surface area contributed by atoms with Crippen molar-refractivity contribution < 1.29 is 73.6 Å². The Hall–Kier alpha value is -2.49. The molecule has 5 rings (SSSR count). The first kappa shape index (κ1) is 33.9. The highest BCUT2D eigenvalue weighted by molar-refractivity contribution is 7.60. The number of hydrogen-bond donors (Lipinski definition) is 11. The first-order chi connectivity index (χ1) is 20.9. The molecule has 2 fully saturated rings. The summed E-state index contributed by atoms with van der Waals surface area (Å²) >= 11 is 0. The first-order valence-corrected chi connectivity index (χ1v) is 16.4. The summed E-state index contributed by atoms with van der Waals surface area (Å²) in [6, 6.07) is 4.66. The Bertz CT molecular complexity index is 1620. The second-order valence-corrected chi connectivity index (χ2v) is 14.1. The minimum absolute atomic E-state index is 0.0389. The highest BCUT2D eigenvalue weighted by Crippen LogP contribution is 2.58. The zero-order chi connectivity index (χ0) is 33.1. The van der Waals surface area contributed by atoms with E-state index in [9.17, 15) is 59.3 Å². The number of rotatable bonds is 10. The number of nitrogens with two attached hydrogens (primary N) is 1. The Morgan fingerprint density at radius 3 is 2.22 bits per heavy atom. The fourth-order valence-corrected chi connectivity index (χ4v) is 6.67. The number of aliphatic hydroxyl groups excluding tert-OH is 5. The minimum Gasteiger partial charge on any atom is -0.390 e. The van der Waals surface area contributed by atoms with Gasteiger partial charge in [0.2, 0.25) is 11.6 Å². The normalized spacial score (nSPS) is 32.3. The molecular formula is C23H31N5O15P2. The Morgan fingerprint density at radius 1 is 0.956 bits per heavy atom. The Balaban J connectivity index is 1.28. The van der Waals surface area contributed by atoms with Gasteiger partial charge < -0.3 is 70.2 Å². The average molecular weight is 679 g/mol. The summed E-state index contributed by atoms with van der Waals surface area (Å²) in [4.78, 5) is 50.1. The fourth-order valence-electron chi connectivity index (χ4n) is 5.23. The number of nitrogen functional groups attached to an aromatic ring is 1. The molecule has 12 N–H and O–H groups in total. The van der Waals surface area contributed by atoms with Gasteiger partial charge in [0.1, 0.15) is 42.4 Å². The van der Waals surface area contributed by atoms with E-state index in [4.69, 9.17) is 19.9 Å². The molecule has 10 atom stereocenters. The molecule has 0 amide bonds. The number of hydrogen-bond acceptors (Lipinski definition) is 15. The molecule has 4 heterocycles. The maximum absolute atomic E-state index is 12.3. The van der Waals surface area contributed by atoms with E-state index in [1.54, 1.807) is 0 Å². The van der Waals surface area contributed by atoms with Crippen LogP contribution in [0.4, 0.5) is 5.82 Å². The summed E-state index contributed by atoms with van der Waals surface area (Å²) in [5.41, 5.74) is 6.34. The monoisotopic (exact) mass is 679 g/mol. The molecule has 1 aromatic carbocycles.